The van der Waals surface area contributed by atoms with Gasteiger partial charge in [0.2, 0.25) is 0 Å². The summed E-state index contributed by atoms with van der Waals surface area (Å²) in [6.07, 6.45) is 2.28. The molecule has 1 unspecified atom stereocenters. The molecule has 0 saturated heterocycles. The quantitative estimate of drug-likeness (QED) is 0.784. The van der Waals surface area contributed by atoms with Gasteiger partial charge in [0.1, 0.15) is 0 Å². The molecule has 7 heteroatoms. The third-order valence-corrected chi connectivity index (χ3v) is 7.34. The number of hydrogen-bond donors (Lipinski definition) is 1. The summed E-state index contributed by atoms with van der Waals surface area (Å²) >= 11 is 2.94. The van der Waals surface area contributed by atoms with E-state index in [4.69, 9.17) is 0 Å². The van der Waals surface area contributed by atoms with E-state index < -0.39 is 14.5 Å². The van der Waals surface area contributed by atoms with Gasteiger partial charge in [-0.05, 0) is 20.3 Å². The molecule has 0 aromatic rings. The number of nitrogens with zero attached hydrogens (tertiary/aromatic N) is 1. The van der Waals surface area contributed by atoms with Crippen molar-refractivity contribution in [3.63, 3.8) is 0 Å². The summed E-state index contributed by atoms with van der Waals surface area (Å²) in [4.78, 5) is 0. The number of hydrogen-bond acceptors (Lipinski definition) is 6. The van der Waals surface area contributed by atoms with Crippen molar-refractivity contribution in [2.75, 3.05) is 5.75 Å². The van der Waals surface area contributed by atoms with Crippen LogP contribution in [0.1, 0.15) is 33.6 Å². The smallest absolute Gasteiger partial charge is 0.197 e. The van der Waals surface area contributed by atoms with Gasteiger partial charge < -0.3 is 0 Å². The van der Waals surface area contributed by atoms with Crippen LogP contribution < -0.4 is 5.43 Å². The van der Waals surface area contributed by atoms with Crippen LogP contribution in [0.5, 0.6) is 0 Å². The average Bonchev–Trinajstić information content (AvgIpc) is 2.67. The first kappa shape index (κ1) is 14.2. The lowest BCUT2D eigenvalue weighted by atomic mass is 10.4. The van der Waals surface area contributed by atoms with Gasteiger partial charge in [0, 0.05) is 5.75 Å². The highest BCUT2D eigenvalue weighted by atomic mass is 32.3. The highest BCUT2D eigenvalue weighted by molar-refractivity contribution is 8.41. The molecule has 4 nitrogen and oxygen atoms in total. The number of hydrazone groups is 1. The first-order valence-electron chi connectivity index (χ1n) is 5.34. The van der Waals surface area contributed by atoms with E-state index in [1.54, 1.807) is 25.6 Å². The molecule has 1 aliphatic rings. The Bertz CT molecular complexity index is 352. The van der Waals surface area contributed by atoms with E-state index in [9.17, 15) is 8.42 Å². The lowest BCUT2D eigenvalue weighted by Crippen LogP contribution is -2.32. The van der Waals surface area contributed by atoms with Crippen molar-refractivity contribution >= 4 is 37.7 Å². The largest absolute Gasteiger partial charge is 0.280 e. The zero-order chi connectivity index (χ0) is 12.2. The fourth-order valence-electron chi connectivity index (χ4n) is 1.01. The molecular formula is C9H18N2O2S3. The SMILES string of the molecule is CCCCSC1=NNC(S(=O)(=O)C(C)C)S1. The predicted molar refractivity (Wildman–Crippen MR) is 73.4 cm³/mol. The Morgan fingerprint density at radius 2 is 2.25 bits per heavy atom. The summed E-state index contributed by atoms with van der Waals surface area (Å²) in [5.41, 5.74) is 2.70. The minimum atomic E-state index is -3.12. The van der Waals surface area contributed by atoms with Crippen LogP contribution in [0.3, 0.4) is 0 Å². The zero-order valence-electron chi connectivity index (χ0n) is 9.76. The lowest BCUT2D eigenvalue weighted by molar-refractivity contribution is 0.576. The molecule has 0 fully saturated rings. The number of nitrogens with one attached hydrogen (secondary N) is 1. The maximum Gasteiger partial charge on any atom is 0.197 e. The second-order valence-corrected chi connectivity index (χ2v) is 9.12. The molecule has 0 aliphatic carbocycles. The number of rotatable bonds is 5. The fraction of sp³-hybridized carbons (Fsp3) is 0.889. The Labute approximate surface area is 106 Å². The molecule has 1 N–H and O–H groups in total. The van der Waals surface area contributed by atoms with Gasteiger partial charge in [-0.1, -0.05) is 36.9 Å². The van der Waals surface area contributed by atoms with Crippen LogP contribution in [0.4, 0.5) is 0 Å². The van der Waals surface area contributed by atoms with Gasteiger partial charge in [-0.25, -0.2) is 8.42 Å². The molecule has 0 radical (unpaired) electrons. The fourth-order valence-corrected chi connectivity index (χ4v) is 5.29. The van der Waals surface area contributed by atoms with Crippen LogP contribution in [-0.2, 0) is 9.84 Å². The minimum Gasteiger partial charge on any atom is -0.280 e. The van der Waals surface area contributed by atoms with E-state index in [2.05, 4.69) is 17.5 Å². The van der Waals surface area contributed by atoms with Crippen molar-refractivity contribution in [2.24, 2.45) is 5.10 Å². The zero-order valence-corrected chi connectivity index (χ0v) is 12.2. The van der Waals surface area contributed by atoms with Crippen LogP contribution in [-0.4, -0.2) is 28.5 Å². The van der Waals surface area contributed by atoms with Crippen molar-refractivity contribution in [1.82, 2.24) is 5.43 Å². The Balaban J connectivity index is 2.45. The molecule has 1 atom stereocenters. The van der Waals surface area contributed by atoms with Gasteiger partial charge in [0.15, 0.2) is 18.9 Å². The van der Waals surface area contributed by atoms with Gasteiger partial charge in [0.05, 0.1) is 5.25 Å². The molecule has 1 heterocycles. The number of thioether (sulfide) groups is 2. The second-order valence-electron chi connectivity index (χ2n) is 3.80. The summed E-state index contributed by atoms with van der Waals surface area (Å²) in [6.45, 7) is 5.52. The summed E-state index contributed by atoms with van der Waals surface area (Å²) < 4.78 is 23.9. The Morgan fingerprint density at radius 3 is 2.81 bits per heavy atom. The summed E-state index contributed by atoms with van der Waals surface area (Å²) in [7, 11) is -3.12. The van der Waals surface area contributed by atoms with Gasteiger partial charge in [-0.3, -0.25) is 5.43 Å². The Kier molecular flexibility index (Phi) is 5.46. The summed E-state index contributed by atoms with van der Waals surface area (Å²) in [6, 6.07) is 0. The van der Waals surface area contributed by atoms with Gasteiger partial charge in [-0.15, -0.1) is 0 Å². The van der Waals surface area contributed by atoms with Crippen LogP contribution in [0, 0.1) is 0 Å². The van der Waals surface area contributed by atoms with E-state index in [0.717, 1.165) is 23.0 Å². The number of unbranched alkanes of at least 4 members (excludes halogenated alkanes) is 1. The van der Waals surface area contributed by atoms with Crippen LogP contribution in [0.15, 0.2) is 5.10 Å². The molecule has 1 rings (SSSR count). The molecule has 1 aliphatic heterocycles. The maximum absolute atomic E-state index is 11.8. The van der Waals surface area contributed by atoms with E-state index in [1.807, 2.05) is 0 Å². The van der Waals surface area contributed by atoms with Crippen molar-refractivity contribution in [3.8, 4) is 0 Å². The van der Waals surface area contributed by atoms with E-state index in [1.165, 1.54) is 11.8 Å². The van der Waals surface area contributed by atoms with Gasteiger partial charge in [0.25, 0.3) is 0 Å². The highest BCUT2D eigenvalue weighted by Crippen LogP contribution is 2.30. The summed E-state index contributed by atoms with van der Waals surface area (Å²) in [5, 5.41) is 3.68. The molecule has 0 amide bonds. The third-order valence-electron chi connectivity index (χ3n) is 2.15. The molecule has 16 heavy (non-hydrogen) atoms. The molecule has 0 saturated carbocycles. The highest BCUT2D eigenvalue weighted by Gasteiger charge is 2.33. The number of sulfone groups is 1. The van der Waals surface area contributed by atoms with Crippen LogP contribution in [0.25, 0.3) is 0 Å². The third kappa shape index (κ3) is 3.56. The molecule has 0 aromatic carbocycles. The van der Waals surface area contributed by atoms with Crippen LogP contribution in [0.2, 0.25) is 0 Å². The summed E-state index contributed by atoms with van der Waals surface area (Å²) in [5.74, 6) is 0.998. The van der Waals surface area contributed by atoms with Gasteiger partial charge >= 0.3 is 0 Å². The topological polar surface area (TPSA) is 58.5 Å². The van der Waals surface area contributed by atoms with Crippen molar-refractivity contribution in [1.29, 1.82) is 0 Å². The van der Waals surface area contributed by atoms with E-state index in [-0.39, 0.29) is 5.25 Å². The first-order chi connectivity index (χ1) is 7.48. The Morgan fingerprint density at radius 1 is 1.56 bits per heavy atom. The van der Waals surface area contributed by atoms with Crippen LogP contribution >= 0.6 is 23.5 Å². The van der Waals surface area contributed by atoms with Crippen molar-refractivity contribution in [3.05, 3.63) is 0 Å². The standard InChI is InChI=1S/C9H18N2O2S3/c1-4-5-6-14-8-10-11-9(15-8)16(12,13)7(2)3/h7,9,11H,4-6H2,1-3H3. The van der Waals surface area contributed by atoms with E-state index >= 15 is 0 Å². The van der Waals surface area contributed by atoms with E-state index in [0.29, 0.717) is 0 Å². The molecular weight excluding hydrogens is 264 g/mol. The van der Waals surface area contributed by atoms with Crippen molar-refractivity contribution < 1.29 is 8.42 Å². The monoisotopic (exact) mass is 282 g/mol. The average molecular weight is 282 g/mol. The predicted octanol–water partition coefficient (Wildman–Crippen LogP) is 2.23. The molecule has 0 spiro atoms. The first-order valence-corrected chi connectivity index (χ1v) is 8.81. The van der Waals surface area contributed by atoms with Gasteiger partial charge in [-0.2, -0.15) is 5.10 Å². The maximum atomic E-state index is 11.8. The Hall–Kier alpha value is 0.120. The van der Waals surface area contributed by atoms with Crippen molar-refractivity contribution in [2.45, 2.75) is 43.6 Å². The lowest BCUT2D eigenvalue weighted by Gasteiger charge is -2.13. The molecule has 94 valence electrons. The molecule has 0 bridgehead atoms. The second kappa shape index (κ2) is 6.16. The minimum absolute atomic E-state index is 0.368. The normalized spacial score (nSPS) is 21.0. The molecule has 0 aromatic heterocycles.